The molecule has 0 fully saturated rings. The first-order valence-corrected chi connectivity index (χ1v) is 8.29. The molecular weight excluding hydrogens is 371 g/mol. The SMILES string of the molecule is N#CC(=C=N)/C=C1\CCC(/C=C(\C#N)c2nc3cc(Cl)ccc3o2)=C1Cl. The molecule has 1 aliphatic carbocycles. The Labute approximate surface area is 159 Å². The molecule has 7 heteroatoms. The number of nitrogens with one attached hydrogen (secondary N) is 1. The van der Waals surface area contributed by atoms with Crippen LogP contribution >= 0.6 is 23.2 Å². The Balaban J connectivity index is 2.01. The summed E-state index contributed by atoms with van der Waals surface area (Å²) in [7, 11) is 0. The number of oxazole rings is 1. The summed E-state index contributed by atoms with van der Waals surface area (Å²) < 4.78 is 5.62. The molecule has 0 bridgehead atoms. The van der Waals surface area contributed by atoms with E-state index < -0.39 is 0 Å². The van der Waals surface area contributed by atoms with Gasteiger partial charge in [0.05, 0.1) is 0 Å². The normalized spacial score (nSPS) is 15.8. The minimum absolute atomic E-state index is 0.0970. The van der Waals surface area contributed by atoms with Gasteiger partial charge < -0.3 is 4.42 Å². The summed E-state index contributed by atoms with van der Waals surface area (Å²) in [5, 5.41) is 26.4. The summed E-state index contributed by atoms with van der Waals surface area (Å²) in [5.41, 5.74) is 2.92. The van der Waals surface area contributed by atoms with Crippen molar-refractivity contribution < 1.29 is 4.42 Å². The third-order valence-corrected chi connectivity index (χ3v) is 4.54. The Bertz CT molecular complexity index is 1130. The zero-order valence-electron chi connectivity index (χ0n) is 13.3. The smallest absolute Gasteiger partial charge is 0.238 e. The van der Waals surface area contributed by atoms with E-state index in [1.54, 1.807) is 24.3 Å². The highest BCUT2D eigenvalue weighted by atomic mass is 35.5. The molecular formula is C19H10Cl2N4O. The van der Waals surface area contributed by atoms with Gasteiger partial charge in [-0.1, -0.05) is 23.2 Å². The lowest BCUT2D eigenvalue weighted by Crippen LogP contribution is -1.84. The van der Waals surface area contributed by atoms with E-state index >= 15 is 0 Å². The van der Waals surface area contributed by atoms with Gasteiger partial charge in [0.2, 0.25) is 5.89 Å². The predicted octanol–water partition coefficient (Wildman–Crippen LogP) is 5.30. The Morgan fingerprint density at radius 1 is 1.23 bits per heavy atom. The van der Waals surface area contributed by atoms with E-state index in [-0.39, 0.29) is 17.0 Å². The first kappa shape index (κ1) is 17.7. The van der Waals surface area contributed by atoms with Gasteiger partial charge in [0.25, 0.3) is 0 Å². The van der Waals surface area contributed by atoms with Crippen molar-refractivity contribution in [3.63, 3.8) is 0 Å². The number of hydrogen-bond donors (Lipinski definition) is 1. The summed E-state index contributed by atoms with van der Waals surface area (Å²) in [6, 6.07) is 8.99. The fourth-order valence-electron chi connectivity index (χ4n) is 2.57. The molecule has 0 unspecified atom stereocenters. The Hall–Kier alpha value is -3.08. The van der Waals surface area contributed by atoms with Crippen molar-refractivity contribution in [1.82, 2.24) is 4.98 Å². The first-order chi connectivity index (χ1) is 12.5. The molecule has 1 aromatic carbocycles. The second-order valence-electron chi connectivity index (χ2n) is 5.46. The van der Waals surface area contributed by atoms with Gasteiger partial charge >= 0.3 is 0 Å². The Morgan fingerprint density at radius 3 is 2.73 bits per heavy atom. The molecule has 0 radical (unpaired) electrons. The molecule has 2 aromatic rings. The van der Waals surface area contributed by atoms with Crippen molar-refractivity contribution in [2.24, 2.45) is 0 Å². The summed E-state index contributed by atoms with van der Waals surface area (Å²) in [6.45, 7) is 0. The van der Waals surface area contributed by atoms with Crippen molar-refractivity contribution in [2.45, 2.75) is 12.8 Å². The van der Waals surface area contributed by atoms with Gasteiger partial charge in [0, 0.05) is 10.1 Å². The highest BCUT2D eigenvalue weighted by Gasteiger charge is 2.19. The number of allylic oxidation sites excluding steroid dienone is 7. The summed E-state index contributed by atoms with van der Waals surface area (Å²) in [5.74, 6) is 2.25. The molecule has 26 heavy (non-hydrogen) atoms. The molecule has 1 heterocycles. The van der Waals surface area contributed by atoms with Gasteiger partial charge in [0.15, 0.2) is 5.58 Å². The first-order valence-electron chi connectivity index (χ1n) is 7.53. The van der Waals surface area contributed by atoms with Crippen LogP contribution in [0.2, 0.25) is 5.02 Å². The van der Waals surface area contributed by atoms with Crippen molar-refractivity contribution in [2.75, 3.05) is 0 Å². The van der Waals surface area contributed by atoms with Crippen LogP contribution in [-0.2, 0) is 0 Å². The molecule has 0 atom stereocenters. The van der Waals surface area contributed by atoms with E-state index in [2.05, 4.69) is 16.9 Å². The maximum Gasteiger partial charge on any atom is 0.238 e. The van der Waals surface area contributed by atoms with Crippen LogP contribution in [0.5, 0.6) is 0 Å². The predicted molar refractivity (Wildman–Crippen MR) is 99.7 cm³/mol. The number of rotatable bonds is 3. The lowest BCUT2D eigenvalue weighted by molar-refractivity contribution is 0.586. The van der Waals surface area contributed by atoms with Gasteiger partial charge in [-0.3, -0.25) is 5.41 Å². The van der Waals surface area contributed by atoms with Crippen LogP contribution in [0.4, 0.5) is 0 Å². The number of benzene rings is 1. The van der Waals surface area contributed by atoms with Crippen LogP contribution in [-0.4, -0.2) is 10.9 Å². The largest absolute Gasteiger partial charge is 0.435 e. The average molecular weight is 381 g/mol. The number of hydrogen-bond acceptors (Lipinski definition) is 5. The molecule has 1 N–H and O–H groups in total. The molecule has 3 rings (SSSR count). The van der Waals surface area contributed by atoms with Crippen molar-refractivity contribution in [3.05, 3.63) is 63.0 Å². The topological polar surface area (TPSA) is 97.5 Å². The third-order valence-electron chi connectivity index (χ3n) is 3.82. The third kappa shape index (κ3) is 3.47. The van der Waals surface area contributed by atoms with Gasteiger partial charge in [-0.25, -0.2) is 4.98 Å². The lowest BCUT2D eigenvalue weighted by atomic mass is 10.1. The van der Waals surface area contributed by atoms with Crippen molar-refractivity contribution >= 4 is 45.7 Å². The molecule has 1 aromatic heterocycles. The number of nitriles is 2. The standard InChI is InChI=1S/C19H10Cl2N4O/c20-15-3-4-17-16(7-15)25-19(26-17)14(10-24)6-13-2-1-12(18(13)21)5-11(8-22)9-23/h3-7,22H,1-2H2/b12-5+,14-6+. The second-order valence-corrected chi connectivity index (χ2v) is 6.27. The van der Waals surface area contributed by atoms with Crippen molar-refractivity contribution in [1.29, 1.82) is 15.9 Å². The lowest BCUT2D eigenvalue weighted by Gasteiger charge is -1.97. The molecule has 0 amide bonds. The van der Waals surface area contributed by atoms with Crippen LogP contribution in [0.3, 0.4) is 0 Å². The fourth-order valence-corrected chi connectivity index (χ4v) is 3.03. The van der Waals surface area contributed by atoms with Crippen LogP contribution in [0.1, 0.15) is 18.7 Å². The molecule has 0 saturated heterocycles. The van der Waals surface area contributed by atoms with E-state index in [0.29, 0.717) is 34.0 Å². The van der Waals surface area contributed by atoms with Gasteiger partial charge in [0.1, 0.15) is 28.8 Å². The quantitative estimate of drug-likeness (QED) is 0.576. The second kappa shape index (κ2) is 7.44. The van der Waals surface area contributed by atoms with Crippen LogP contribution in [0, 0.1) is 28.1 Å². The van der Waals surface area contributed by atoms with Gasteiger partial charge in [-0.15, -0.1) is 0 Å². The minimum atomic E-state index is 0.0970. The maximum absolute atomic E-state index is 9.49. The van der Waals surface area contributed by atoms with Crippen LogP contribution in [0.25, 0.3) is 16.7 Å². The zero-order chi connectivity index (χ0) is 18.7. The van der Waals surface area contributed by atoms with E-state index in [0.717, 1.165) is 11.1 Å². The maximum atomic E-state index is 9.49. The number of fused-ring (bicyclic) bond motifs is 1. The molecule has 0 saturated carbocycles. The summed E-state index contributed by atoms with van der Waals surface area (Å²) in [4.78, 5) is 4.30. The fraction of sp³-hybridized carbons (Fsp3) is 0.105. The highest BCUT2D eigenvalue weighted by Crippen LogP contribution is 2.37. The monoisotopic (exact) mass is 380 g/mol. The molecule has 126 valence electrons. The number of aromatic nitrogens is 1. The van der Waals surface area contributed by atoms with E-state index in [1.165, 1.54) is 6.08 Å². The Morgan fingerprint density at radius 2 is 2.04 bits per heavy atom. The van der Waals surface area contributed by atoms with Gasteiger partial charge in [-0.05, 0) is 60.2 Å². The van der Waals surface area contributed by atoms with E-state index in [4.69, 9.17) is 38.3 Å². The van der Waals surface area contributed by atoms with Gasteiger partial charge in [-0.2, -0.15) is 10.5 Å². The zero-order valence-corrected chi connectivity index (χ0v) is 14.8. The van der Waals surface area contributed by atoms with Crippen LogP contribution < -0.4 is 0 Å². The van der Waals surface area contributed by atoms with Crippen LogP contribution in [0.15, 0.2) is 56.5 Å². The molecule has 5 nitrogen and oxygen atoms in total. The molecule has 0 spiro atoms. The van der Waals surface area contributed by atoms with E-state index in [9.17, 15) is 5.26 Å². The summed E-state index contributed by atoms with van der Waals surface area (Å²) >= 11 is 12.3. The minimum Gasteiger partial charge on any atom is -0.435 e. The average Bonchev–Trinajstić information content (AvgIpc) is 3.21. The number of halogens is 2. The molecule has 1 aliphatic rings. The Kier molecular flexibility index (Phi) is 5.07. The summed E-state index contributed by atoms with van der Waals surface area (Å²) in [6.07, 6.45) is 4.39. The van der Waals surface area contributed by atoms with E-state index in [1.807, 2.05) is 6.07 Å². The molecule has 0 aliphatic heterocycles. The van der Waals surface area contributed by atoms with Crippen molar-refractivity contribution in [3.8, 4) is 12.1 Å². The highest BCUT2D eigenvalue weighted by molar-refractivity contribution is 6.33. The number of nitrogens with zero attached hydrogens (tertiary/aromatic N) is 3.